The van der Waals surface area contributed by atoms with E-state index in [0.717, 1.165) is 30.2 Å². The lowest BCUT2D eigenvalue weighted by molar-refractivity contribution is -0.118. The van der Waals surface area contributed by atoms with Gasteiger partial charge in [-0.05, 0) is 56.7 Å². The van der Waals surface area contributed by atoms with E-state index in [9.17, 15) is 9.59 Å². The standard InChI is InChI=1S/C21H26BrN3O2S/c1-2-12-25-20(27)17-13-16(22)8-9-18(17)24-21(25)28-14-19(26)23-11-10-15-6-4-3-5-7-15/h6,8-9,13H,2-5,7,10-12,14H2,1H3,(H,23,26). The van der Waals surface area contributed by atoms with Crippen molar-refractivity contribution in [1.29, 1.82) is 0 Å². The van der Waals surface area contributed by atoms with E-state index in [1.165, 1.54) is 30.2 Å². The van der Waals surface area contributed by atoms with E-state index in [1.807, 2.05) is 19.1 Å². The maximum atomic E-state index is 12.9. The van der Waals surface area contributed by atoms with Gasteiger partial charge in [0.25, 0.3) is 5.56 Å². The van der Waals surface area contributed by atoms with Gasteiger partial charge in [-0.2, -0.15) is 0 Å². The predicted octanol–water partition coefficient (Wildman–Crippen LogP) is 4.67. The number of rotatable bonds is 8. The number of hydrogen-bond acceptors (Lipinski definition) is 4. The van der Waals surface area contributed by atoms with Crippen molar-refractivity contribution in [2.24, 2.45) is 0 Å². The van der Waals surface area contributed by atoms with Crippen molar-refractivity contribution in [2.75, 3.05) is 12.3 Å². The smallest absolute Gasteiger partial charge is 0.262 e. The Hall–Kier alpha value is -1.60. The molecular formula is C21H26BrN3O2S. The molecule has 28 heavy (non-hydrogen) atoms. The molecule has 0 radical (unpaired) electrons. The van der Waals surface area contributed by atoms with Gasteiger partial charge in [-0.1, -0.05) is 46.3 Å². The van der Waals surface area contributed by atoms with Crippen LogP contribution >= 0.6 is 27.7 Å². The first-order valence-electron chi connectivity index (χ1n) is 9.86. The number of fused-ring (bicyclic) bond motifs is 1. The van der Waals surface area contributed by atoms with Gasteiger partial charge in [0.1, 0.15) is 0 Å². The largest absolute Gasteiger partial charge is 0.355 e. The quantitative estimate of drug-likeness (QED) is 0.351. The third-order valence-electron chi connectivity index (χ3n) is 4.81. The summed E-state index contributed by atoms with van der Waals surface area (Å²) in [4.78, 5) is 29.8. The maximum absolute atomic E-state index is 12.9. The zero-order valence-corrected chi connectivity index (χ0v) is 18.6. The molecule has 0 saturated heterocycles. The van der Waals surface area contributed by atoms with Crippen molar-refractivity contribution < 1.29 is 4.79 Å². The number of thioether (sulfide) groups is 1. The van der Waals surface area contributed by atoms with E-state index in [4.69, 9.17) is 0 Å². The van der Waals surface area contributed by atoms with E-state index in [0.29, 0.717) is 29.1 Å². The molecule has 1 aliphatic rings. The summed E-state index contributed by atoms with van der Waals surface area (Å²) >= 11 is 4.74. The first kappa shape index (κ1) is 21.1. The number of allylic oxidation sites excluding steroid dienone is 1. The highest BCUT2D eigenvalue weighted by Gasteiger charge is 2.13. The highest BCUT2D eigenvalue weighted by molar-refractivity contribution is 9.10. The lowest BCUT2D eigenvalue weighted by atomic mass is 9.97. The second-order valence-electron chi connectivity index (χ2n) is 7.01. The Bertz CT molecular complexity index is 939. The van der Waals surface area contributed by atoms with Crippen LogP contribution in [0, 0.1) is 0 Å². The average molecular weight is 464 g/mol. The summed E-state index contributed by atoms with van der Waals surface area (Å²) in [7, 11) is 0. The normalized spacial score (nSPS) is 14.1. The molecule has 150 valence electrons. The Balaban J connectivity index is 1.64. The Morgan fingerprint density at radius 2 is 2.21 bits per heavy atom. The van der Waals surface area contributed by atoms with Crippen LogP contribution in [0.15, 0.2) is 44.3 Å². The van der Waals surface area contributed by atoms with Gasteiger partial charge >= 0.3 is 0 Å². The number of carbonyl (C=O) groups excluding carboxylic acids is 1. The van der Waals surface area contributed by atoms with Crippen molar-refractivity contribution in [3.05, 3.63) is 44.7 Å². The number of nitrogens with zero attached hydrogens (tertiary/aromatic N) is 2. The molecule has 1 aliphatic carbocycles. The van der Waals surface area contributed by atoms with Crippen molar-refractivity contribution >= 4 is 44.5 Å². The van der Waals surface area contributed by atoms with Crippen molar-refractivity contribution in [2.45, 2.75) is 57.1 Å². The molecule has 0 bridgehead atoms. The van der Waals surface area contributed by atoms with Crippen LogP contribution in [0.4, 0.5) is 0 Å². The van der Waals surface area contributed by atoms with Crippen molar-refractivity contribution in [3.8, 4) is 0 Å². The van der Waals surface area contributed by atoms with E-state index >= 15 is 0 Å². The fraction of sp³-hybridized carbons (Fsp3) is 0.476. The zero-order chi connectivity index (χ0) is 19.9. The number of amides is 1. The summed E-state index contributed by atoms with van der Waals surface area (Å²) in [6, 6.07) is 5.51. The van der Waals surface area contributed by atoms with E-state index in [2.05, 4.69) is 32.3 Å². The molecule has 1 N–H and O–H groups in total. The molecule has 0 spiro atoms. The van der Waals surface area contributed by atoms with Gasteiger partial charge in [0, 0.05) is 17.6 Å². The van der Waals surface area contributed by atoms with E-state index in [1.54, 1.807) is 10.6 Å². The van der Waals surface area contributed by atoms with Gasteiger partial charge in [-0.3, -0.25) is 14.2 Å². The van der Waals surface area contributed by atoms with E-state index in [-0.39, 0.29) is 17.2 Å². The molecule has 7 heteroatoms. The molecule has 1 amide bonds. The van der Waals surface area contributed by atoms with Crippen LogP contribution in [0.5, 0.6) is 0 Å². The van der Waals surface area contributed by atoms with Crippen LogP contribution in [0.3, 0.4) is 0 Å². The summed E-state index contributed by atoms with van der Waals surface area (Å²) in [6.07, 6.45) is 8.93. The summed E-state index contributed by atoms with van der Waals surface area (Å²) in [6.45, 7) is 3.29. The van der Waals surface area contributed by atoms with Crippen LogP contribution in [0.2, 0.25) is 0 Å². The Labute approximate surface area is 178 Å². The van der Waals surface area contributed by atoms with Gasteiger partial charge in [0.05, 0.1) is 16.7 Å². The molecule has 2 aromatic rings. The highest BCUT2D eigenvalue weighted by atomic mass is 79.9. The van der Waals surface area contributed by atoms with Gasteiger partial charge < -0.3 is 5.32 Å². The molecule has 0 fully saturated rings. The lowest BCUT2D eigenvalue weighted by Gasteiger charge is -2.14. The monoisotopic (exact) mass is 463 g/mol. The number of aromatic nitrogens is 2. The fourth-order valence-electron chi connectivity index (χ4n) is 3.38. The van der Waals surface area contributed by atoms with Crippen LogP contribution in [0.25, 0.3) is 10.9 Å². The molecule has 3 rings (SSSR count). The molecule has 0 atom stereocenters. The topological polar surface area (TPSA) is 64.0 Å². The van der Waals surface area contributed by atoms with Crippen LogP contribution < -0.4 is 10.9 Å². The summed E-state index contributed by atoms with van der Waals surface area (Å²) in [5.41, 5.74) is 2.06. The number of nitrogens with one attached hydrogen (secondary N) is 1. The van der Waals surface area contributed by atoms with E-state index < -0.39 is 0 Å². The molecule has 0 unspecified atom stereocenters. The molecular weight excluding hydrogens is 438 g/mol. The molecule has 1 heterocycles. The summed E-state index contributed by atoms with van der Waals surface area (Å²) in [5.74, 6) is 0.242. The number of halogens is 1. The van der Waals surface area contributed by atoms with Gasteiger partial charge in [0.15, 0.2) is 5.16 Å². The number of hydrogen-bond donors (Lipinski definition) is 1. The van der Waals surface area contributed by atoms with Gasteiger partial charge in [-0.25, -0.2) is 4.98 Å². The van der Waals surface area contributed by atoms with Crippen LogP contribution in [0.1, 0.15) is 45.4 Å². The minimum atomic E-state index is -0.0553. The molecule has 1 aromatic carbocycles. The second-order valence-corrected chi connectivity index (χ2v) is 8.87. The molecule has 1 aromatic heterocycles. The first-order chi connectivity index (χ1) is 13.6. The van der Waals surface area contributed by atoms with Crippen LogP contribution in [-0.2, 0) is 11.3 Å². The lowest BCUT2D eigenvalue weighted by Crippen LogP contribution is -2.28. The molecule has 5 nitrogen and oxygen atoms in total. The minimum absolute atomic E-state index is 0.0189. The van der Waals surface area contributed by atoms with Gasteiger partial charge in [-0.15, -0.1) is 0 Å². The second kappa shape index (κ2) is 10.3. The Kier molecular flexibility index (Phi) is 7.73. The Morgan fingerprint density at radius 1 is 1.36 bits per heavy atom. The average Bonchev–Trinajstić information content (AvgIpc) is 2.70. The van der Waals surface area contributed by atoms with Crippen molar-refractivity contribution in [1.82, 2.24) is 14.9 Å². The maximum Gasteiger partial charge on any atom is 0.262 e. The summed E-state index contributed by atoms with van der Waals surface area (Å²) in [5, 5.41) is 4.19. The molecule has 0 saturated carbocycles. The highest BCUT2D eigenvalue weighted by Crippen LogP contribution is 2.21. The van der Waals surface area contributed by atoms with Crippen molar-refractivity contribution in [3.63, 3.8) is 0 Å². The predicted molar refractivity (Wildman–Crippen MR) is 119 cm³/mol. The van der Waals surface area contributed by atoms with Crippen LogP contribution in [-0.4, -0.2) is 27.8 Å². The zero-order valence-electron chi connectivity index (χ0n) is 16.2. The first-order valence-corrected chi connectivity index (χ1v) is 11.6. The Morgan fingerprint density at radius 3 is 2.96 bits per heavy atom. The molecule has 0 aliphatic heterocycles. The fourth-order valence-corrected chi connectivity index (χ4v) is 4.60. The SMILES string of the molecule is CCCn1c(SCC(=O)NCCC2=CCCCC2)nc2ccc(Br)cc2c1=O. The minimum Gasteiger partial charge on any atom is -0.355 e. The third-order valence-corrected chi connectivity index (χ3v) is 6.28. The number of benzene rings is 1. The summed E-state index contributed by atoms with van der Waals surface area (Å²) < 4.78 is 2.54. The van der Waals surface area contributed by atoms with Gasteiger partial charge in [0.2, 0.25) is 5.91 Å². The number of carbonyl (C=O) groups is 1. The third kappa shape index (κ3) is 5.47.